The van der Waals surface area contributed by atoms with Crippen molar-refractivity contribution in [3.63, 3.8) is 0 Å². The Bertz CT molecular complexity index is 1280. The maximum Gasteiger partial charge on any atom is 0.321 e. The molecule has 10 nitrogen and oxygen atoms in total. The largest absolute Gasteiger partial charge is 0.476 e. The summed E-state index contributed by atoms with van der Waals surface area (Å²) in [6, 6.07) is 7.50. The molecule has 10 heteroatoms. The Morgan fingerprint density at radius 1 is 1.27 bits per heavy atom. The van der Waals surface area contributed by atoms with Crippen LogP contribution in [0.5, 0.6) is 5.88 Å². The fourth-order valence-corrected chi connectivity index (χ4v) is 3.97. The van der Waals surface area contributed by atoms with E-state index < -0.39 is 0 Å². The number of rotatable bonds is 10. The number of nitrogens with one attached hydrogen (secondary N) is 3. The van der Waals surface area contributed by atoms with Crippen molar-refractivity contribution in [2.75, 3.05) is 51.3 Å². The number of aromatic amines is 1. The van der Waals surface area contributed by atoms with Gasteiger partial charge >= 0.3 is 6.03 Å². The molecule has 1 saturated heterocycles. The van der Waals surface area contributed by atoms with E-state index in [1.807, 2.05) is 43.3 Å². The van der Waals surface area contributed by atoms with Gasteiger partial charge in [-0.1, -0.05) is 18.7 Å². The lowest BCUT2D eigenvalue weighted by atomic mass is 9.98. The number of hydrogen-bond donors (Lipinski definition) is 4. The lowest BCUT2D eigenvalue weighted by Gasteiger charge is -2.26. The molecule has 5 N–H and O–H groups in total. The Hall–Kier alpha value is -4.15. The number of fused-ring (bicyclic) bond motifs is 1. The monoisotopic (exact) mass is 503 g/mol. The first-order chi connectivity index (χ1) is 18.1. The van der Waals surface area contributed by atoms with Gasteiger partial charge in [-0.15, -0.1) is 0 Å². The van der Waals surface area contributed by atoms with Gasteiger partial charge in [0, 0.05) is 49.6 Å². The van der Waals surface area contributed by atoms with Crippen molar-refractivity contribution in [2.24, 2.45) is 5.73 Å². The van der Waals surface area contributed by atoms with Crippen LogP contribution in [0.4, 0.5) is 10.7 Å². The number of allylic oxidation sites excluding steroid dienone is 4. The third-order valence-electron chi connectivity index (χ3n) is 5.85. The van der Waals surface area contributed by atoms with Crippen molar-refractivity contribution in [1.82, 2.24) is 25.2 Å². The number of imidazole rings is 1. The van der Waals surface area contributed by atoms with Gasteiger partial charge in [0.1, 0.15) is 6.61 Å². The summed E-state index contributed by atoms with van der Waals surface area (Å²) in [4.78, 5) is 26.6. The normalized spacial score (nSPS) is 14.4. The number of morpholine rings is 1. The molecule has 0 spiro atoms. The molecule has 3 aromatic rings. The van der Waals surface area contributed by atoms with Crippen LogP contribution >= 0.6 is 0 Å². The molecule has 1 fully saturated rings. The van der Waals surface area contributed by atoms with Gasteiger partial charge < -0.3 is 25.5 Å². The molecule has 4 rings (SSSR count). The highest BCUT2D eigenvalue weighted by molar-refractivity contribution is 5.97. The average molecular weight is 504 g/mol. The summed E-state index contributed by atoms with van der Waals surface area (Å²) >= 11 is 0. The fourth-order valence-electron chi connectivity index (χ4n) is 3.97. The van der Waals surface area contributed by atoms with Gasteiger partial charge in [-0.25, -0.2) is 14.8 Å². The van der Waals surface area contributed by atoms with Gasteiger partial charge in [0.15, 0.2) is 0 Å². The van der Waals surface area contributed by atoms with E-state index in [9.17, 15) is 4.79 Å². The van der Waals surface area contributed by atoms with Crippen LogP contribution in [-0.2, 0) is 4.74 Å². The molecule has 3 heterocycles. The number of carbonyl (C=O) groups is 1. The zero-order chi connectivity index (χ0) is 26.0. The van der Waals surface area contributed by atoms with Gasteiger partial charge in [0.25, 0.3) is 0 Å². The first-order valence-electron chi connectivity index (χ1n) is 12.3. The van der Waals surface area contributed by atoms with E-state index in [1.54, 1.807) is 12.3 Å². The number of anilines is 1. The Balaban J connectivity index is 1.56. The molecule has 1 aromatic carbocycles. The molecule has 1 aliphatic heterocycles. The third-order valence-corrected chi connectivity index (χ3v) is 5.85. The number of nitrogens with two attached hydrogens (primary N) is 1. The second-order valence-electron chi connectivity index (χ2n) is 8.45. The highest BCUT2D eigenvalue weighted by Gasteiger charge is 2.14. The Morgan fingerprint density at radius 3 is 2.84 bits per heavy atom. The van der Waals surface area contributed by atoms with Crippen LogP contribution in [0.1, 0.15) is 12.5 Å². The minimum absolute atomic E-state index is 0.330. The predicted octanol–water partition coefficient (Wildman–Crippen LogP) is 3.52. The number of hydrogen-bond acceptors (Lipinski definition) is 7. The summed E-state index contributed by atoms with van der Waals surface area (Å²) in [5.74, 6) is 0.925. The maximum absolute atomic E-state index is 12.0. The minimum Gasteiger partial charge on any atom is -0.476 e. The van der Waals surface area contributed by atoms with Crippen molar-refractivity contribution in [3.05, 3.63) is 67.0 Å². The summed E-state index contributed by atoms with van der Waals surface area (Å²) in [5, 5.41) is 5.43. The lowest BCUT2D eigenvalue weighted by Crippen LogP contribution is -2.38. The molecule has 0 aliphatic carbocycles. The summed E-state index contributed by atoms with van der Waals surface area (Å²) in [6.07, 6.45) is 8.63. The Labute approximate surface area is 216 Å². The van der Waals surface area contributed by atoms with E-state index in [4.69, 9.17) is 15.2 Å². The molecule has 0 radical (unpaired) electrons. The number of ether oxygens (including phenoxy) is 2. The second kappa shape index (κ2) is 12.7. The number of pyridine rings is 1. The highest BCUT2D eigenvalue weighted by Crippen LogP contribution is 2.31. The minimum atomic E-state index is -0.330. The van der Waals surface area contributed by atoms with Crippen molar-refractivity contribution < 1.29 is 14.3 Å². The number of nitrogens with zero attached hydrogens (tertiary/aromatic N) is 3. The van der Waals surface area contributed by atoms with E-state index in [0.717, 1.165) is 60.6 Å². The lowest BCUT2D eigenvalue weighted by molar-refractivity contribution is 0.0320. The van der Waals surface area contributed by atoms with E-state index in [-0.39, 0.29) is 6.03 Å². The van der Waals surface area contributed by atoms with Crippen LogP contribution in [0, 0.1) is 0 Å². The molecule has 0 atom stereocenters. The van der Waals surface area contributed by atoms with Crippen LogP contribution in [0.25, 0.3) is 27.7 Å². The van der Waals surface area contributed by atoms with Crippen LogP contribution < -0.4 is 21.1 Å². The zero-order valence-corrected chi connectivity index (χ0v) is 21.0. The van der Waals surface area contributed by atoms with E-state index in [1.165, 1.54) is 6.20 Å². The molecule has 2 amide bonds. The van der Waals surface area contributed by atoms with Gasteiger partial charge in [0.2, 0.25) is 11.8 Å². The van der Waals surface area contributed by atoms with E-state index in [0.29, 0.717) is 30.5 Å². The maximum atomic E-state index is 12.0. The number of carbonyl (C=O) groups excluding carboxylic acids is 1. The molecule has 2 aromatic heterocycles. The molecular formula is C27H33N7O3. The quantitative estimate of drug-likeness (QED) is 0.311. The van der Waals surface area contributed by atoms with Gasteiger partial charge in [-0.2, -0.15) is 0 Å². The van der Waals surface area contributed by atoms with Gasteiger partial charge in [-0.3, -0.25) is 10.2 Å². The predicted molar refractivity (Wildman–Crippen MR) is 146 cm³/mol. The molecular weight excluding hydrogens is 470 g/mol. The van der Waals surface area contributed by atoms with Gasteiger partial charge in [0.05, 0.1) is 24.2 Å². The van der Waals surface area contributed by atoms with Crippen LogP contribution in [-0.4, -0.2) is 71.9 Å². The van der Waals surface area contributed by atoms with Crippen molar-refractivity contribution >= 4 is 28.6 Å². The SMILES string of the molecule is C=C(/C=C\C=C/N)c1cc(-c2ccc(OCCN3CCOCC3)nc2)cc2[nH]c(NC(=O)NCC)nc12. The third kappa shape index (κ3) is 6.96. The number of benzene rings is 1. The second-order valence-corrected chi connectivity index (χ2v) is 8.45. The first kappa shape index (κ1) is 25.9. The molecule has 1 aliphatic rings. The average Bonchev–Trinajstić information content (AvgIpc) is 3.31. The zero-order valence-electron chi connectivity index (χ0n) is 21.0. The summed E-state index contributed by atoms with van der Waals surface area (Å²) in [7, 11) is 0. The fraction of sp³-hybridized carbons (Fsp3) is 0.296. The smallest absolute Gasteiger partial charge is 0.321 e. The van der Waals surface area contributed by atoms with Crippen LogP contribution in [0.2, 0.25) is 0 Å². The van der Waals surface area contributed by atoms with E-state index >= 15 is 0 Å². The number of H-pyrrole nitrogens is 1. The number of aromatic nitrogens is 3. The summed E-state index contributed by atoms with van der Waals surface area (Å²) in [6.45, 7) is 11.4. The Kier molecular flexibility index (Phi) is 8.90. The molecule has 194 valence electrons. The summed E-state index contributed by atoms with van der Waals surface area (Å²) in [5.41, 5.74) is 10.3. The van der Waals surface area contributed by atoms with Crippen LogP contribution in [0.3, 0.4) is 0 Å². The van der Waals surface area contributed by atoms with Crippen LogP contribution in [0.15, 0.2) is 61.5 Å². The topological polar surface area (TPSA) is 130 Å². The van der Waals surface area contributed by atoms with E-state index in [2.05, 4.69) is 37.1 Å². The molecule has 37 heavy (non-hydrogen) atoms. The Morgan fingerprint density at radius 2 is 2.11 bits per heavy atom. The number of amides is 2. The molecule has 0 unspecified atom stereocenters. The highest BCUT2D eigenvalue weighted by atomic mass is 16.5. The number of urea groups is 1. The summed E-state index contributed by atoms with van der Waals surface area (Å²) < 4.78 is 11.2. The molecule has 0 saturated carbocycles. The van der Waals surface area contributed by atoms with Gasteiger partial charge in [-0.05, 0) is 48.5 Å². The van der Waals surface area contributed by atoms with Crippen molar-refractivity contribution in [1.29, 1.82) is 0 Å². The van der Waals surface area contributed by atoms with Crippen molar-refractivity contribution in [2.45, 2.75) is 6.92 Å². The standard InChI is InChI=1S/C27H33N7O3/c1-3-29-27(35)33-26-31-23-17-21(16-22(25(23)32-26)19(2)6-4-5-9-28)20-7-8-24(30-18-20)37-15-12-34-10-13-36-14-11-34/h4-9,16-18H,2-3,10-15,28H2,1H3,(H3,29,31,32,33,35)/b6-4-,9-5-. The first-order valence-corrected chi connectivity index (χ1v) is 12.3. The molecule has 0 bridgehead atoms. The van der Waals surface area contributed by atoms with Crippen molar-refractivity contribution in [3.8, 4) is 17.0 Å².